The van der Waals surface area contributed by atoms with Gasteiger partial charge in [-0.05, 0) is 48.5 Å². The van der Waals surface area contributed by atoms with Crippen LogP contribution in [-0.2, 0) is 0 Å². The predicted octanol–water partition coefficient (Wildman–Crippen LogP) is 3.34. The first kappa shape index (κ1) is 12.4. The van der Waals surface area contributed by atoms with Crippen LogP contribution in [0.4, 0.5) is 0 Å². The van der Waals surface area contributed by atoms with Gasteiger partial charge < -0.3 is 15.7 Å². The van der Waals surface area contributed by atoms with Gasteiger partial charge in [0.05, 0.1) is 0 Å². The molecule has 0 unspecified atom stereocenters. The zero-order chi connectivity index (χ0) is 13.0. The van der Waals surface area contributed by atoms with Gasteiger partial charge in [-0.2, -0.15) is 0 Å². The molecule has 0 amide bonds. The summed E-state index contributed by atoms with van der Waals surface area (Å²) in [6.45, 7) is 0. The molecule has 0 aliphatic heterocycles. The summed E-state index contributed by atoms with van der Waals surface area (Å²) in [5.41, 5.74) is 6.11. The maximum absolute atomic E-state index is 8.55. The molecule has 0 bridgehead atoms. The lowest BCUT2D eigenvalue weighted by Gasteiger charge is -2.06. The summed E-state index contributed by atoms with van der Waals surface area (Å²) in [6, 6.07) is 14.5. The van der Waals surface area contributed by atoms with Gasteiger partial charge in [-0.25, -0.2) is 0 Å². The number of hydrogen-bond acceptors (Lipinski definition) is 3. The molecule has 0 spiro atoms. The SMILES string of the molecule is N/C(=N\O)c1ccc(Oc2ccc(Br)cc2)cc1. The van der Waals surface area contributed by atoms with E-state index in [4.69, 9.17) is 15.7 Å². The number of rotatable bonds is 3. The fraction of sp³-hybridized carbons (Fsp3) is 0. The summed E-state index contributed by atoms with van der Waals surface area (Å²) in [6.07, 6.45) is 0. The van der Waals surface area contributed by atoms with Gasteiger partial charge in [0.15, 0.2) is 5.84 Å². The highest BCUT2D eigenvalue weighted by molar-refractivity contribution is 9.10. The van der Waals surface area contributed by atoms with Crippen LogP contribution in [-0.4, -0.2) is 11.0 Å². The second kappa shape index (κ2) is 5.55. The van der Waals surface area contributed by atoms with E-state index in [0.29, 0.717) is 11.3 Å². The zero-order valence-electron chi connectivity index (χ0n) is 9.38. The summed E-state index contributed by atoms with van der Waals surface area (Å²) in [4.78, 5) is 0. The summed E-state index contributed by atoms with van der Waals surface area (Å²) in [7, 11) is 0. The van der Waals surface area contributed by atoms with Crippen molar-refractivity contribution in [1.82, 2.24) is 0 Å². The smallest absolute Gasteiger partial charge is 0.170 e. The number of nitrogens with two attached hydrogens (primary N) is 1. The molecule has 0 fully saturated rings. The second-order valence-electron chi connectivity index (χ2n) is 3.57. The Hall–Kier alpha value is -2.01. The highest BCUT2D eigenvalue weighted by Gasteiger charge is 2.01. The highest BCUT2D eigenvalue weighted by atomic mass is 79.9. The van der Waals surface area contributed by atoms with Crippen LogP contribution in [0.15, 0.2) is 58.2 Å². The van der Waals surface area contributed by atoms with Crippen LogP contribution in [0.25, 0.3) is 0 Å². The molecule has 2 aromatic carbocycles. The third-order valence-electron chi connectivity index (χ3n) is 2.31. The molecule has 2 aromatic rings. The maximum Gasteiger partial charge on any atom is 0.170 e. The van der Waals surface area contributed by atoms with Crippen molar-refractivity contribution in [3.8, 4) is 11.5 Å². The maximum atomic E-state index is 8.55. The van der Waals surface area contributed by atoms with Gasteiger partial charge in [-0.15, -0.1) is 0 Å². The van der Waals surface area contributed by atoms with Gasteiger partial charge in [0.25, 0.3) is 0 Å². The van der Waals surface area contributed by atoms with E-state index in [1.807, 2.05) is 24.3 Å². The third kappa shape index (κ3) is 3.01. The number of ether oxygens (including phenoxy) is 1. The van der Waals surface area contributed by atoms with E-state index in [0.717, 1.165) is 10.2 Å². The molecule has 5 heteroatoms. The van der Waals surface area contributed by atoms with Crippen LogP contribution in [0.3, 0.4) is 0 Å². The summed E-state index contributed by atoms with van der Waals surface area (Å²) < 4.78 is 6.64. The Morgan fingerprint density at radius 1 is 1.00 bits per heavy atom. The Labute approximate surface area is 113 Å². The fourth-order valence-corrected chi connectivity index (χ4v) is 1.65. The van der Waals surface area contributed by atoms with Crippen LogP contribution in [0.2, 0.25) is 0 Å². The van der Waals surface area contributed by atoms with E-state index in [-0.39, 0.29) is 5.84 Å². The molecule has 0 heterocycles. The minimum atomic E-state index is 0.0743. The first-order valence-electron chi connectivity index (χ1n) is 5.20. The first-order valence-corrected chi connectivity index (χ1v) is 6.00. The van der Waals surface area contributed by atoms with Crippen molar-refractivity contribution >= 4 is 21.8 Å². The fourth-order valence-electron chi connectivity index (χ4n) is 1.39. The molecule has 4 nitrogen and oxygen atoms in total. The molecule has 3 N–H and O–H groups in total. The summed E-state index contributed by atoms with van der Waals surface area (Å²) >= 11 is 3.36. The average Bonchev–Trinajstić information content (AvgIpc) is 2.41. The van der Waals surface area contributed by atoms with Gasteiger partial charge >= 0.3 is 0 Å². The van der Waals surface area contributed by atoms with Crippen LogP contribution in [0.1, 0.15) is 5.56 Å². The summed E-state index contributed by atoms with van der Waals surface area (Å²) in [5.74, 6) is 1.51. The van der Waals surface area contributed by atoms with E-state index in [9.17, 15) is 0 Å². The van der Waals surface area contributed by atoms with Gasteiger partial charge in [-0.3, -0.25) is 0 Å². The molecule has 0 aliphatic rings. The molecule has 92 valence electrons. The largest absolute Gasteiger partial charge is 0.457 e. The number of nitrogens with zero attached hydrogens (tertiary/aromatic N) is 1. The Kier molecular flexibility index (Phi) is 3.84. The van der Waals surface area contributed by atoms with Gasteiger partial charge in [-0.1, -0.05) is 21.1 Å². The Balaban J connectivity index is 2.13. The molecule has 0 saturated heterocycles. The zero-order valence-corrected chi connectivity index (χ0v) is 11.0. The molecular weight excluding hydrogens is 296 g/mol. The topological polar surface area (TPSA) is 67.8 Å². The lowest BCUT2D eigenvalue weighted by molar-refractivity contribution is 0.318. The lowest BCUT2D eigenvalue weighted by Crippen LogP contribution is -2.12. The van der Waals surface area contributed by atoms with E-state index in [1.54, 1.807) is 24.3 Å². The first-order chi connectivity index (χ1) is 8.69. The van der Waals surface area contributed by atoms with Gasteiger partial charge in [0.1, 0.15) is 11.5 Å². The molecule has 18 heavy (non-hydrogen) atoms. The second-order valence-corrected chi connectivity index (χ2v) is 4.48. The molecule has 0 aromatic heterocycles. The Bertz CT molecular complexity index is 550. The minimum Gasteiger partial charge on any atom is -0.457 e. The quantitative estimate of drug-likeness (QED) is 0.395. The lowest BCUT2D eigenvalue weighted by atomic mass is 10.2. The predicted molar refractivity (Wildman–Crippen MR) is 73.2 cm³/mol. The molecule has 0 saturated carbocycles. The number of halogens is 1. The molecular formula is C13H11BrN2O2. The number of oxime groups is 1. The van der Waals surface area contributed by atoms with Crippen molar-refractivity contribution in [1.29, 1.82) is 0 Å². The standard InChI is InChI=1S/C13H11BrN2O2/c14-10-3-7-12(8-4-10)18-11-5-1-9(2-6-11)13(15)16-17/h1-8,17H,(H2,15,16). The molecule has 0 aliphatic carbocycles. The van der Waals surface area contributed by atoms with Crippen LogP contribution >= 0.6 is 15.9 Å². The van der Waals surface area contributed by atoms with E-state index in [1.165, 1.54) is 0 Å². The van der Waals surface area contributed by atoms with Crippen molar-refractivity contribution in [2.75, 3.05) is 0 Å². The monoisotopic (exact) mass is 306 g/mol. The van der Waals surface area contributed by atoms with Crippen molar-refractivity contribution in [3.05, 3.63) is 58.6 Å². The molecule has 0 atom stereocenters. The van der Waals surface area contributed by atoms with E-state index >= 15 is 0 Å². The van der Waals surface area contributed by atoms with Crippen molar-refractivity contribution in [2.24, 2.45) is 10.9 Å². The van der Waals surface area contributed by atoms with Gasteiger partial charge in [0, 0.05) is 10.0 Å². The van der Waals surface area contributed by atoms with E-state index in [2.05, 4.69) is 21.1 Å². The van der Waals surface area contributed by atoms with Gasteiger partial charge in [0.2, 0.25) is 0 Å². The number of hydrogen-bond donors (Lipinski definition) is 2. The normalized spacial score (nSPS) is 11.3. The Morgan fingerprint density at radius 3 is 2.00 bits per heavy atom. The molecule has 0 radical (unpaired) electrons. The highest BCUT2D eigenvalue weighted by Crippen LogP contribution is 2.23. The van der Waals surface area contributed by atoms with Crippen molar-refractivity contribution in [3.63, 3.8) is 0 Å². The van der Waals surface area contributed by atoms with Crippen LogP contribution < -0.4 is 10.5 Å². The summed E-state index contributed by atoms with van der Waals surface area (Å²) in [5, 5.41) is 11.5. The van der Waals surface area contributed by atoms with Crippen LogP contribution in [0.5, 0.6) is 11.5 Å². The van der Waals surface area contributed by atoms with Crippen molar-refractivity contribution in [2.45, 2.75) is 0 Å². The third-order valence-corrected chi connectivity index (χ3v) is 2.84. The average molecular weight is 307 g/mol. The van der Waals surface area contributed by atoms with E-state index < -0.39 is 0 Å². The van der Waals surface area contributed by atoms with Crippen molar-refractivity contribution < 1.29 is 9.94 Å². The Morgan fingerprint density at radius 2 is 1.50 bits per heavy atom. The number of amidine groups is 1. The minimum absolute atomic E-state index is 0.0743. The van der Waals surface area contributed by atoms with Crippen LogP contribution in [0, 0.1) is 0 Å². The number of benzene rings is 2. The molecule has 2 rings (SSSR count).